The molecule has 1 aromatic rings. The molecular formula is C13H22N2O4S2. The van der Waals surface area contributed by atoms with Gasteiger partial charge in [0.1, 0.15) is 4.21 Å². The fourth-order valence-electron chi connectivity index (χ4n) is 1.80. The van der Waals surface area contributed by atoms with E-state index in [4.69, 9.17) is 5.11 Å². The zero-order chi connectivity index (χ0) is 16.1. The summed E-state index contributed by atoms with van der Waals surface area (Å²) in [6.07, 6.45) is 1.08. The summed E-state index contributed by atoms with van der Waals surface area (Å²) in [6, 6.07) is 3.16. The van der Waals surface area contributed by atoms with Crippen LogP contribution >= 0.6 is 11.3 Å². The van der Waals surface area contributed by atoms with Gasteiger partial charge in [-0.2, -0.15) is 4.31 Å². The van der Waals surface area contributed by atoms with Crippen molar-refractivity contribution in [3.8, 4) is 0 Å². The number of nitrogens with one attached hydrogen (secondary N) is 1. The van der Waals surface area contributed by atoms with Gasteiger partial charge in [0.25, 0.3) is 10.0 Å². The molecule has 0 radical (unpaired) electrons. The molecule has 120 valence electrons. The summed E-state index contributed by atoms with van der Waals surface area (Å²) in [5.74, 6) is -0.379. The van der Waals surface area contributed by atoms with Gasteiger partial charge < -0.3 is 10.4 Å². The van der Waals surface area contributed by atoms with E-state index in [1.165, 1.54) is 13.1 Å². The molecule has 0 aliphatic heterocycles. The Kier molecular flexibility index (Phi) is 6.33. The van der Waals surface area contributed by atoms with Crippen LogP contribution in [-0.2, 0) is 14.8 Å². The number of sulfonamides is 1. The number of hydrogen-bond donors (Lipinski definition) is 2. The van der Waals surface area contributed by atoms with Crippen LogP contribution in [0.1, 0.15) is 26.7 Å². The molecule has 0 bridgehead atoms. The second-order valence-corrected chi connectivity index (χ2v) is 8.35. The molecule has 8 heteroatoms. The van der Waals surface area contributed by atoms with Crippen molar-refractivity contribution in [2.24, 2.45) is 0 Å². The standard InChI is InChI=1S/C13H22N2O4S2/c1-4-13(2,7-8-16)14-11(17)10-15(3)21(18,19)12-6-5-9-20-12/h5-6,9,16H,4,7-8,10H2,1-3H3,(H,14,17). The van der Waals surface area contributed by atoms with Crippen LogP contribution in [0.5, 0.6) is 0 Å². The van der Waals surface area contributed by atoms with Gasteiger partial charge in [0.05, 0.1) is 6.54 Å². The van der Waals surface area contributed by atoms with Gasteiger partial charge in [-0.1, -0.05) is 13.0 Å². The number of amides is 1. The fourth-order valence-corrected chi connectivity index (χ4v) is 4.13. The molecule has 6 nitrogen and oxygen atoms in total. The molecule has 0 saturated heterocycles. The van der Waals surface area contributed by atoms with Crippen molar-refractivity contribution < 1.29 is 18.3 Å². The minimum Gasteiger partial charge on any atom is -0.396 e. The van der Waals surface area contributed by atoms with E-state index in [9.17, 15) is 13.2 Å². The second-order valence-electron chi connectivity index (χ2n) is 5.13. The quantitative estimate of drug-likeness (QED) is 0.743. The minimum absolute atomic E-state index is 0.0338. The van der Waals surface area contributed by atoms with E-state index in [-0.39, 0.29) is 23.3 Å². The Bertz CT molecular complexity index is 557. The average molecular weight is 334 g/mol. The molecule has 1 rings (SSSR count). The lowest BCUT2D eigenvalue weighted by molar-refractivity contribution is -0.123. The van der Waals surface area contributed by atoms with Crippen molar-refractivity contribution in [3.63, 3.8) is 0 Å². The number of carbonyl (C=O) groups excluding carboxylic acids is 1. The fraction of sp³-hybridized carbons (Fsp3) is 0.615. The molecular weight excluding hydrogens is 312 g/mol. The van der Waals surface area contributed by atoms with E-state index in [0.29, 0.717) is 12.8 Å². The molecule has 21 heavy (non-hydrogen) atoms. The maximum atomic E-state index is 12.2. The van der Waals surface area contributed by atoms with Crippen molar-refractivity contribution in [1.82, 2.24) is 9.62 Å². The monoisotopic (exact) mass is 334 g/mol. The highest BCUT2D eigenvalue weighted by Crippen LogP contribution is 2.20. The van der Waals surface area contributed by atoms with Crippen LogP contribution in [0.2, 0.25) is 0 Å². The number of likely N-dealkylation sites (N-methyl/N-ethyl adjacent to an activating group) is 1. The Balaban J connectivity index is 2.71. The lowest BCUT2D eigenvalue weighted by Crippen LogP contribution is -2.49. The zero-order valence-corrected chi connectivity index (χ0v) is 14.1. The Morgan fingerprint density at radius 1 is 1.52 bits per heavy atom. The molecule has 2 N–H and O–H groups in total. The summed E-state index contributed by atoms with van der Waals surface area (Å²) < 4.78 is 25.7. The van der Waals surface area contributed by atoms with Crippen molar-refractivity contribution in [2.75, 3.05) is 20.2 Å². The third-order valence-electron chi connectivity index (χ3n) is 3.41. The first-order valence-corrected chi connectivity index (χ1v) is 8.99. The SMILES string of the molecule is CCC(C)(CCO)NC(=O)CN(C)S(=O)(=O)c1cccs1. The molecule has 0 aliphatic carbocycles. The van der Waals surface area contributed by atoms with Gasteiger partial charge in [0, 0.05) is 19.2 Å². The van der Waals surface area contributed by atoms with Gasteiger partial charge in [0.2, 0.25) is 5.91 Å². The highest BCUT2D eigenvalue weighted by molar-refractivity contribution is 7.91. The van der Waals surface area contributed by atoms with Crippen LogP contribution in [0.25, 0.3) is 0 Å². The van der Waals surface area contributed by atoms with Crippen molar-refractivity contribution in [3.05, 3.63) is 17.5 Å². The van der Waals surface area contributed by atoms with Crippen LogP contribution in [0.15, 0.2) is 21.7 Å². The molecule has 0 fully saturated rings. The lowest BCUT2D eigenvalue weighted by atomic mass is 9.95. The number of carbonyl (C=O) groups is 1. The van der Waals surface area contributed by atoms with E-state index >= 15 is 0 Å². The first-order chi connectivity index (χ1) is 9.75. The molecule has 1 atom stereocenters. The van der Waals surface area contributed by atoms with Gasteiger partial charge in [-0.3, -0.25) is 4.79 Å². The Morgan fingerprint density at radius 2 is 2.19 bits per heavy atom. The highest BCUT2D eigenvalue weighted by atomic mass is 32.2. The average Bonchev–Trinajstić information content (AvgIpc) is 2.93. The van der Waals surface area contributed by atoms with Gasteiger partial charge in [-0.15, -0.1) is 11.3 Å². The molecule has 1 heterocycles. The number of aliphatic hydroxyl groups is 1. The molecule has 0 spiro atoms. The minimum atomic E-state index is -3.62. The van der Waals surface area contributed by atoms with E-state index in [2.05, 4.69) is 5.32 Å². The molecule has 0 aromatic carbocycles. The van der Waals surface area contributed by atoms with Crippen LogP contribution in [-0.4, -0.2) is 49.5 Å². The molecule has 0 aliphatic rings. The number of nitrogens with zero attached hydrogens (tertiary/aromatic N) is 1. The molecule has 0 saturated carbocycles. The zero-order valence-electron chi connectivity index (χ0n) is 12.5. The number of hydrogen-bond acceptors (Lipinski definition) is 5. The summed E-state index contributed by atoms with van der Waals surface area (Å²) in [7, 11) is -2.24. The van der Waals surface area contributed by atoms with Crippen molar-refractivity contribution in [1.29, 1.82) is 0 Å². The smallest absolute Gasteiger partial charge is 0.252 e. The lowest BCUT2D eigenvalue weighted by Gasteiger charge is -2.29. The summed E-state index contributed by atoms with van der Waals surface area (Å²) in [4.78, 5) is 12.0. The Hall–Kier alpha value is -0.960. The predicted octanol–water partition coefficient (Wildman–Crippen LogP) is 1.04. The predicted molar refractivity (Wildman–Crippen MR) is 82.7 cm³/mol. The van der Waals surface area contributed by atoms with Gasteiger partial charge in [-0.25, -0.2) is 8.42 Å². The topological polar surface area (TPSA) is 86.7 Å². The largest absolute Gasteiger partial charge is 0.396 e. The first-order valence-electron chi connectivity index (χ1n) is 6.67. The second kappa shape index (κ2) is 7.35. The van der Waals surface area contributed by atoms with E-state index < -0.39 is 15.6 Å². The summed E-state index contributed by atoms with van der Waals surface area (Å²) >= 11 is 1.12. The third-order valence-corrected chi connectivity index (χ3v) is 6.59. The maximum absolute atomic E-state index is 12.2. The van der Waals surface area contributed by atoms with Gasteiger partial charge >= 0.3 is 0 Å². The maximum Gasteiger partial charge on any atom is 0.252 e. The first kappa shape index (κ1) is 18.1. The Morgan fingerprint density at radius 3 is 2.67 bits per heavy atom. The number of thiophene rings is 1. The van der Waals surface area contributed by atoms with E-state index in [1.807, 2.05) is 13.8 Å². The molecule has 1 unspecified atom stereocenters. The van der Waals surface area contributed by atoms with Gasteiger partial charge in [-0.05, 0) is 31.2 Å². The summed E-state index contributed by atoms with van der Waals surface area (Å²) in [5.41, 5.74) is -0.528. The van der Waals surface area contributed by atoms with Gasteiger partial charge in [0.15, 0.2) is 0 Å². The molecule has 1 amide bonds. The van der Waals surface area contributed by atoms with E-state index in [0.717, 1.165) is 15.6 Å². The van der Waals surface area contributed by atoms with E-state index in [1.54, 1.807) is 11.4 Å². The number of aliphatic hydroxyl groups excluding tert-OH is 1. The summed E-state index contributed by atoms with van der Waals surface area (Å²) in [5, 5.41) is 13.5. The third kappa shape index (κ3) is 4.77. The summed E-state index contributed by atoms with van der Waals surface area (Å²) in [6.45, 7) is 3.45. The van der Waals surface area contributed by atoms with Crippen LogP contribution < -0.4 is 5.32 Å². The van der Waals surface area contributed by atoms with Crippen molar-refractivity contribution in [2.45, 2.75) is 36.4 Å². The highest BCUT2D eigenvalue weighted by Gasteiger charge is 2.27. The Labute approximate surface area is 129 Å². The van der Waals surface area contributed by atoms with Crippen molar-refractivity contribution >= 4 is 27.3 Å². The van der Waals surface area contributed by atoms with Crippen LogP contribution in [0.3, 0.4) is 0 Å². The molecule has 1 aromatic heterocycles. The van der Waals surface area contributed by atoms with Crippen LogP contribution in [0.4, 0.5) is 0 Å². The number of rotatable bonds is 8. The van der Waals surface area contributed by atoms with Crippen LogP contribution in [0, 0.1) is 0 Å². The normalized spacial score (nSPS) is 14.9.